The van der Waals surface area contributed by atoms with E-state index in [0.29, 0.717) is 5.56 Å². The molecule has 0 aliphatic carbocycles. The molecule has 5 nitrogen and oxygen atoms in total. The summed E-state index contributed by atoms with van der Waals surface area (Å²) in [5.74, 6) is -0.121. The number of morpholine rings is 1. The fourth-order valence-corrected chi connectivity index (χ4v) is 4.76. The van der Waals surface area contributed by atoms with Crippen LogP contribution in [0.25, 0.3) is 21.7 Å². The molecule has 3 aromatic carbocycles. The number of nitrogens with one attached hydrogen (secondary N) is 1. The summed E-state index contributed by atoms with van der Waals surface area (Å²) < 4.78 is 5.42. The zero-order valence-corrected chi connectivity index (χ0v) is 19.1. The van der Waals surface area contributed by atoms with Crippen LogP contribution in [0.4, 0.5) is 5.69 Å². The number of nitrogens with zero attached hydrogens (tertiary/aromatic N) is 2. The third-order valence-electron chi connectivity index (χ3n) is 5.69. The molecule has 1 saturated heterocycles. The van der Waals surface area contributed by atoms with Crippen LogP contribution in [0.2, 0.25) is 0 Å². The molecule has 1 amide bonds. The van der Waals surface area contributed by atoms with Crippen molar-refractivity contribution < 1.29 is 9.53 Å². The highest BCUT2D eigenvalue weighted by atomic mass is 32.1. The van der Waals surface area contributed by atoms with Gasteiger partial charge in [0.25, 0.3) is 5.91 Å². The van der Waals surface area contributed by atoms with Crippen molar-refractivity contribution in [2.75, 3.05) is 31.6 Å². The summed E-state index contributed by atoms with van der Waals surface area (Å²) in [6.45, 7) is 4.35. The van der Waals surface area contributed by atoms with Gasteiger partial charge in [-0.1, -0.05) is 48.5 Å². The van der Waals surface area contributed by atoms with E-state index < -0.39 is 0 Å². The van der Waals surface area contributed by atoms with Gasteiger partial charge < -0.3 is 10.1 Å². The Morgan fingerprint density at radius 3 is 2.42 bits per heavy atom. The van der Waals surface area contributed by atoms with Gasteiger partial charge in [0.1, 0.15) is 5.01 Å². The standard InChI is InChI=1S/C27H25N3O2S/c31-26(25-9-5-4-8-24(25)20-6-2-1-3-7-20)28-22-12-10-21(11-13-22)27-29-23(19-33-27)18-30-14-16-32-17-15-30/h1-13,19H,14-18H2,(H,28,31). The van der Waals surface area contributed by atoms with Gasteiger partial charge in [0.2, 0.25) is 0 Å². The topological polar surface area (TPSA) is 54.5 Å². The minimum atomic E-state index is -0.121. The van der Waals surface area contributed by atoms with Crippen LogP contribution in [0.3, 0.4) is 0 Å². The smallest absolute Gasteiger partial charge is 0.256 e. The summed E-state index contributed by atoms with van der Waals surface area (Å²) in [4.78, 5) is 20.2. The fourth-order valence-electron chi connectivity index (χ4n) is 3.95. The maximum atomic E-state index is 13.0. The van der Waals surface area contributed by atoms with Crippen LogP contribution in [-0.2, 0) is 11.3 Å². The maximum Gasteiger partial charge on any atom is 0.256 e. The summed E-state index contributed by atoms with van der Waals surface area (Å²) in [5.41, 5.74) is 5.50. The van der Waals surface area contributed by atoms with E-state index in [9.17, 15) is 4.79 Å². The molecule has 0 atom stereocenters. The summed E-state index contributed by atoms with van der Waals surface area (Å²) in [6.07, 6.45) is 0. The average Bonchev–Trinajstić information content (AvgIpc) is 3.34. The molecule has 0 saturated carbocycles. The molecular weight excluding hydrogens is 430 g/mol. The van der Waals surface area contributed by atoms with E-state index in [-0.39, 0.29) is 5.91 Å². The molecule has 0 radical (unpaired) electrons. The molecule has 1 fully saturated rings. The number of aromatic nitrogens is 1. The first-order valence-electron chi connectivity index (χ1n) is 11.1. The Balaban J connectivity index is 1.27. The number of carbonyl (C=O) groups is 1. The van der Waals surface area contributed by atoms with Crippen LogP contribution in [0.15, 0.2) is 84.2 Å². The van der Waals surface area contributed by atoms with Gasteiger partial charge in [0.05, 0.1) is 18.9 Å². The predicted octanol–water partition coefficient (Wildman–Crippen LogP) is 5.56. The fraction of sp³-hybridized carbons (Fsp3) is 0.185. The number of hydrogen-bond donors (Lipinski definition) is 1. The molecule has 0 spiro atoms. The lowest BCUT2D eigenvalue weighted by atomic mass is 9.99. The zero-order valence-electron chi connectivity index (χ0n) is 18.2. The number of rotatable bonds is 6. The van der Waals surface area contributed by atoms with Crippen molar-refractivity contribution in [1.82, 2.24) is 9.88 Å². The molecule has 0 unspecified atom stereocenters. The number of carbonyl (C=O) groups excluding carboxylic acids is 1. The Bertz CT molecular complexity index is 1220. The van der Waals surface area contributed by atoms with Crippen LogP contribution in [0.1, 0.15) is 16.1 Å². The Morgan fingerprint density at radius 1 is 0.909 bits per heavy atom. The second kappa shape index (κ2) is 10.1. The normalized spacial score (nSPS) is 14.2. The number of amides is 1. The molecule has 166 valence electrons. The van der Waals surface area contributed by atoms with Gasteiger partial charge in [-0.05, 0) is 41.5 Å². The molecule has 6 heteroatoms. The molecule has 1 aliphatic rings. The lowest BCUT2D eigenvalue weighted by Gasteiger charge is -2.25. The zero-order chi connectivity index (χ0) is 22.5. The summed E-state index contributed by atoms with van der Waals surface area (Å²) in [7, 11) is 0. The number of benzene rings is 3. The summed E-state index contributed by atoms with van der Waals surface area (Å²) >= 11 is 1.65. The van der Waals surface area contributed by atoms with E-state index >= 15 is 0 Å². The summed E-state index contributed by atoms with van der Waals surface area (Å²) in [6, 6.07) is 25.5. The highest BCUT2D eigenvalue weighted by molar-refractivity contribution is 7.13. The molecule has 33 heavy (non-hydrogen) atoms. The molecule has 5 rings (SSSR count). The average molecular weight is 456 g/mol. The Labute approximate surface area is 197 Å². The van der Waals surface area contributed by atoms with Crippen LogP contribution >= 0.6 is 11.3 Å². The Kier molecular flexibility index (Phi) is 6.58. The number of ether oxygens (including phenoxy) is 1. The molecule has 2 heterocycles. The van der Waals surface area contributed by atoms with Crippen molar-refractivity contribution in [3.8, 4) is 21.7 Å². The molecular formula is C27H25N3O2S. The van der Waals surface area contributed by atoms with Crippen molar-refractivity contribution in [2.24, 2.45) is 0 Å². The van der Waals surface area contributed by atoms with Crippen LogP contribution in [0.5, 0.6) is 0 Å². The number of hydrogen-bond acceptors (Lipinski definition) is 5. The highest BCUT2D eigenvalue weighted by Crippen LogP contribution is 2.27. The number of thiazole rings is 1. The van der Waals surface area contributed by atoms with Gasteiger partial charge in [-0.2, -0.15) is 0 Å². The maximum absolute atomic E-state index is 13.0. The molecule has 1 aromatic heterocycles. The Morgan fingerprint density at radius 2 is 1.64 bits per heavy atom. The minimum Gasteiger partial charge on any atom is -0.379 e. The largest absolute Gasteiger partial charge is 0.379 e. The third kappa shape index (κ3) is 5.20. The minimum absolute atomic E-state index is 0.121. The van der Waals surface area contributed by atoms with E-state index in [1.54, 1.807) is 11.3 Å². The SMILES string of the molecule is O=C(Nc1ccc(-c2nc(CN3CCOCC3)cs2)cc1)c1ccccc1-c1ccccc1. The van der Waals surface area contributed by atoms with Crippen LogP contribution in [-0.4, -0.2) is 42.1 Å². The van der Waals surface area contributed by atoms with Gasteiger partial charge in [-0.3, -0.25) is 9.69 Å². The van der Waals surface area contributed by atoms with E-state index in [1.807, 2.05) is 78.9 Å². The molecule has 1 N–H and O–H groups in total. The van der Waals surface area contributed by atoms with Crippen molar-refractivity contribution in [2.45, 2.75) is 6.54 Å². The van der Waals surface area contributed by atoms with E-state index in [1.165, 1.54) is 0 Å². The molecule has 1 aliphatic heterocycles. The van der Waals surface area contributed by atoms with Gasteiger partial charge >= 0.3 is 0 Å². The van der Waals surface area contributed by atoms with Gasteiger partial charge in [-0.25, -0.2) is 4.98 Å². The monoisotopic (exact) mass is 455 g/mol. The van der Waals surface area contributed by atoms with Crippen molar-refractivity contribution in [1.29, 1.82) is 0 Å². The van der Waals surface area contributed by atoms with Crippen molar-refractivity contribution in [3.63, 3.8) is 0 Å². The van der Waals surface area contributed by atoms with Gasteiger partial charge in [-0.15, -0.1) is 11.3 Å². The predicted molar refractivity (Wildman–Crippen MR) is 133 cm³/mol. The first-order chi connectivity index (χ1) is 16.3. The Hall–Kier alpha value is -3.32. The second-order valence-electron chi connectivity index (χ2n) is 7.98. The van der Waals surface area contributed by atoms with E-state index in [4.69, 9.17) is 9.72 Å². The van der Waals surface area contributed by atoms with Crippen LogP contribution in [0, 0.1) is 0 Å². The number of anilines is 1. The third-order valence-corrected chi connectivity index (χ3v) is 6.63. The molecule has 4 aromatic rings. The van der Waals surface area contributed by atoms with Gasteiger partial charge in [0, 0.05) is 41.8 Å². The van der Waals surface area contributed by atoms with Gasteiger partial charge in [0.15, 0.2) is 0 Å². The quantitative estimate of drug-likeness (QED) is 0.413. The second-order valence-corrected chi connectivity index (χ2v) is 8.83. The first kappa shape index (κ1) is 21.5. The highest BCUT2D eigenvalue weighted by Gasteiger charge is 2.14. The lowest BCUT2D eigenvalue weighted by molar-refractivity contribution is 0.0337. The lowest BCUT2D eigenvalue weighted by Crippen LogP contribution is -2.35. The summed E-state index contributed by atoms with van der Waals surface area (Å²) in [5, 5.41) is 6.15. The van der Waals surface area contributed by atoms with Crippen molar-refractivity contribution in [3.05, 3.63) is 95.5 Å². The molecule has 0 bridgehead atoms. The van der Waals surface area contributed by atoms with Crippen molar-refractivity contribution >= 4 is 22.9 Å². The van der Waals surface area contributed by atoms with E-state index in [2.05, 4.69) is 15.6 Å². The first-order valence-corrected chi connectivity index (χ1v) is 11.9. The van der Waals surface area contributed by atoms with Crippen LogP contribution < -0.4 is 5.32 Å². The van der Waals surface area contributed by atoms with E-state index in [0.717, 1.165) is 65.9 Å².